The zero-order valence-electron chi connectivity index (χ0n) is 20.9. The van der Waals surface area contributed by atoms with Crippen LogP contribution in [0.5, 0.6) is 0 Å². The van der Waals surface area contributed by atoms with Crippen LogP contribution in [0.25, 0.3) is 10.4 Å². The van der Waals surface area contributed by atoms with Crippen LogP contribution in [-0.4, -0.2) is 60.6 Å². The predicted molar refractivity (Wildman–Crippen MR) is 139 cm³/mol. The van der Waals surface area contributed by atoms with Crippen LogP contribution < -0.4 is 4.90 Å². The molecule has 1 aromatic heterocycles. The fourth-order valence-corrected chi connectivity index (χ4v) is 5.54. The lowest BCUT2D eigenvalue weighted by Crippen LogP contribution is -2.48. The van der Waals surface area contributed by atoms with Gasteiger partial charge < -0.3 is 19.6 Å². The second-order valence-corrected chi connectivity index (χ2v) is 9.92. The fourth-order valence-electron chi connectivity index (χ4n) is 4.54. The zero-order valence-corrected chi connectivity index (χ0v) is 21.7. The van der Waals surface area contributed by atoms with E-state index in [-0.39, 0.29) is 29.2 Å². The highest BCUT2D eigenvalue weighted by atomic mass is 32.1. The Morgan fingerprint density at radius 2 is 1.69 bits per heavy atom. The van der Waals surface area contributed by atoms with E-state index in [0.717, 1.165) is 47.5 Å². The largest absolute Gasteiger partial charge is 0.477 e. The van der Waals surface area contributed by atoms with Gasteiger partial charge in [0.1, 0.15) is 11.4 Å². The first-order valence-corrected chi connectivity index (χ1v) is 13.3. The molecule has 0 radical (unpaired) electrons. The standard InChI is InChI=1S/C25H30N2O5S.C2H6/c1-17-7-9-19(10-8-17)24(29)27(16-22(28)26-11-13-32-14-12-26)20-15-21(33-23(20)25(30)31)18-5-3-2-4-6-18;1-2/h2-6,15,17,19H,7-14,16H2,1H3,(H,30,31);1-2H3. The molecule has 190 valence electrons. The van der Waals surface area contributed by atoms with Gasteiger partial charge in [-0.15, -0.1) is 11.3 Å². The van der Waals surface area contributed by atoms with E-state index in [2.05, 4.69) is 6.92 Å². The summed E-state index contributed by atoms with van der Waals surface area (Å²) < 4.78 is 5.34. The van der Waals surface area contributed by atoms with Crippen molar-refractivity contribution in [3.05, 3.63) is 41.3 Å². The van der Waals surface area contributed by atoms with Crippen LogP contribution in [0.2, 0.25) is 0 Å². The topological polar surface area (TPSA) is 87.2 Å². The number of benzene rings is 1. The Labute approximate surface area is 211 Å². The molecule has 1 saturated heterocycles. The Hall–Kier alpha value is -2.71. The Morgan fingerprint density at radius 1 is 1.06 bits per heavy atom. The first-order chi connectivity index (χ1) is 16.9. The SMILES string of the molecule is CC.CC1CCC(C(=O)N(CC(=O)N2CCOCC2)c2cc(-c3ccccc3)sc2C(=O)O)CC1. The van der Waals surface area contributed by atoms with E-state index < -0.39 is 5.97 Å². The van der Waals surface area contributed by atoms with Crippen molar-refractivity contribution in [3.63, 3.8) is 0 Å². The number of hydrogen-bond donors (Lipinski definition) is 1. The number of hydrogen-bond acceptors (Lipinski definition) is 5. The molecule has 1 N–H and O–H groups in total. The average molecular weight is 501 g/mol. The van der Waals surface area contributed by atoms with E-state index >= 15 is 0 Å². The number of carboxylic acids is 1. The lowest BCUT2D eigenvalue weighted by atomic mass is 9.82. The number of anilines is 1. The molecule has 1 saturated carbocycles. The van der Waals surface area contributed by atoms with Crippen molar-refractivity contribution in [2.75, 3.05) is 37.7 Å². The number of ether oxygens (including phenoxy) is 1. The van der Waals surface area contributed by atoms with Crippen molar-refractivity contribution in [1.82, 2.24) is 4.90 Å². The number of aromatic carboxylic acids is 1. The summed E-state index contributed by atoms with van der Waals surface area (Å²) in [5.41, 5.74) is 1.20. The summed E-state index contributed by atoms with van der Waals surface area (Å²) in [5.74, 6) is -1.03. The maximum absolute atomic E-state index is 13.7. The number of amides is 2. The zero-order chi connectivity index (χ0) is 25.4. The summed E-state index contributed by atoms with van der Waals surface area (Å²) in [6, 6.07) is 11.3. The molecule has 2 amide bonds. The van der Waals surface area contributed by atoms with Gasteiger partial charge in [-0.2, -0.15) is 0 Å². The monoisotopic (exact) mass is 500 g/mol. The van der Waals surface area contributed by atoms with Crippen molar-refractivity contribution < 1.29 is 24.2 Å². The molecular formula is C27H36N2O5S. The van der Waals surface area contributed by atoms with Crippen LogP contribution in [0.4, 0.5) is 5.69 Å². The van der Waals surface area contributed by atoms with Gasteiger partial charge in [-0.3, -0.25) is 9.59 Å². The van der Waals surface area contributed by atoms with Gasteiger partial charge in [0.2, 0.25) is 11.8 Å². The molecule has 2 aromatic rings. The van der Waals surface area contributed by atoms with Crippen LogP contribution in [0.3, 0.4) is 0 Å². The van der Waals surface area contributed by atoms with Gasteiger partial charge in [0.25, 0.3) is 0 Å². The summed E-state index contributed by atoms with van der Waals surface area (Å²) in [4.78, 5) is 42.9. The second-order valence-electron chi connectivity index (χ2n) is 8.87. The number of carboxylic acid groups (broad SMARTS) is 1. The fraction of sp³-hybridized carbons (Fsp3) is 0.519. The van der Waals surface area contributed by atoms with Gasteiger partial charge in [-0.1, -0.05) is 51.1 Å². The van der Waals surface area contributed by atoms with Gasteiger partial charge in [0.05, 0.1) is 18.9 Å². The first-order valence-electron chi connectivity index (χ1n) is 12.5. The Morgan fingerprint density at radius 3 is 2.29 bits per heavy atom. The molecular weight excluding hydrogens is 464 g/mol. The van der Waals surface area contributed by atoms with Crippen LogP contribution >= 0.6 is 11.3 Å². The van der Waals surface area contributed by atoms with E-state index in [1.54, 1.807) is 11.0 Å². The molecule has 0 unspecified atom stereocenters. The highest BCUT2D eigenvalue weighted by Gasteiger charge is 2.34. The van der Waals surface area contributed by atoms with E-state index in [1.807, 2.05) is 44.2 Å². The molecule has 8 heteroatoms. The number of thiophene rings is 1. The first kappa shape index (κ1) is 26.9. The summed E-state index contributed by atoms with van der Waals surface area (Å²) in [5, 5.41) is 9.95. The minimum atomic E-state index is -1.09. The van der Waals surface area contributed by atoms with Crippen LogP contribution in [0, 0.1) is 11.8 Å². The van der Waals surface area contributed by atoms with Crippen LogP contribution in [0.15, 0.2) is 36.4 Å². The third-order valence-electron chi connectivity index (χ3n) is 6.54. The normalized spacial score (nSPS) is 19.9. The highest BCUT2D eigenvalue weighted by Crippen LogP contribution is 2.39. The summed E-state index contributed by atoms with van der Waals surface area (Å²) in [7, 11) is 0. The third-order valence-corrected chi connectivity index (χ3v) is 7.71. The highest BCUT2D eigenvalue weighted by molar-refractivity contribution is 7.18. The molecule has 35 heavy (non-hydrogen) atoms. The van der Waals surface area contributed by atoms with E-state index in [9.17, 15) is 19.5 Å². The predicted octanol–water partition coefficient (Wildman–Crippen LogP) is 5.16. The second kappa shape index (κ2) is 12.8. The summed E-state index contributed by atoms with van der Waals surface area (Å²) in [6.45, 7) is 7.93. The minimum absolute atomic E-state index is 0.0844. The van der Waals surface area contributed by atoms with Crippen molar-refractivity contribution in [2.45, 2.75) is 46.5 Å². The maximum Gasteiger partial charge on any atom is 0.348 e. The van der Waals surface area contributed by atoms with Crippen molar-refractivity contribution in [3.8, 4) is 10.4 Å². The van der Waals surface area contributed by atoms with Crippen LogP contribution in [0.1, 0.15) is 56.1 Å². The number of carbonyl (C=O) groups is 3. The molecule has 2 heterocycles. The number of carbonyl (C=O) groups excluding carboxylic acids is 2. The molecule has 2 aliphatic rings. The Bertz CT molecular complexity index is 992. The van der Waals surface area contributed by atoms with E-state index in [0.29, 0.717) is 37.9 Å². The number of nitrogens with zero attached hydrogens (tertiary/aromatic N) is 2. The van der Waals surface area contributed by atoms with E-state index in [1.165, 1.54) is 4.90 Å². The molecule has 1 aliphatic carbocycles. The van der Waals surface area contributed by atoms with Crippen molar-refractivity contribution in [1.29, 1.82) is 0 Å². The lowest BCUT2D eigenvalue weighted by Gasteiger charge is -2.33. The van der Waals surface area contributed by atoms with Gasteiger partial charge >= 0.3 is 5.97 Å². The quantitative estimate of drug-likeness (QED) is 0.592. The molecule has 0 atom stereocenters. The third kappa shape index (κ3) is 6.70. The van der Waals surface area contributed by atoms with Gasteiger partial charge in [-0.05, 0) is 43.2 Å². The van der Waals surface area contributed by atoms with Gasteiger partial charge in [0, 0.05) is 23.9 Å². The number of rotatable bonds is 6. The molecule has 1 aromatic carbocycles. The molecule has 1 aliphatic heterocycles. The summed E-state index contributed by atoms with van der Waals surface area (Å²) in [6.07, 6.45) is 3.46. The minimum Gasteiger partial charge on any atom is -0.477 e. The van der Waals surface area contributed by atoms with E-state index in [4.69, 9.17) is 4.74 Å². The molecule has 0 spiro atoms. The van der Waals surface area contributed by atoms with Crippen molar-refractivity contribution >= 4 is 34.8 Å². The maximum atomic E-state index is 13.7. The average Bonchev–Trinajstić information content (AvgIpc) is 3.35. The molecule has 0 bridgehead atoms. The summed E-state index contributed by atoms with van der Waals surface area (Å²) >= 11 is 1.14. The molecule has 7 nitrogen and oxygen atoms in total. The molecule has 4 rings (SSSR count). The van der Waals surface area contributed by atoms with Gasteiger partial charge in [0.15, 0.2) is 0 Å². The van der Waals surface area contributed by atoms with Crippen molar-refractivity contribution in [2.24, 2.45) is 11.8 Å². The van der Waals surface area contributed by atoms with Gasteiger partial charge in [-0.25, -0.2) is 4.79 Å². The Balaban J connectivity index is 0.00000167. The smallest absolute Gasteiger partial charge is 0.348 e. The number of morpholine rings is 1. The molecule has 2 fully saturated rings. The van der Waals surface area contributed by atoms with Crippen LogP contribution in [-0.2, 0) is 14.3 Å². The lowest BCUT2D eigenvalue weighted by molar-refractivity contribution is -0.135. The Kier molecular flexibility index (Phi) is 9.86.